The summed E-state index contributed by atoms with van der Waals surface area (Å²) in [6.45, 7) is 1.25. The molecule has 0 atom stereocenters. The van der Waals surface area contributed by atoms with Crippen molar-refractivity contribution in [3.05, 3.63) is 6.61 Å². The van der Waals surface area contributed by atoms with E-state index < -0.39 is 10.1 Å². The molecule has 3 nitrogen and oxygen atoms in total. The van der Waals surface area contributed by atoms with Gasteiger partial charge in [-0.05, 0) is 0 Å². The molecule has 1 saturated heterocycles. The van der Waals surface area contributed by atoms with Gasteiger partial charge in [0.25, 0.3) is 10.1 Å². The van der Waals surface area contributed by atoms with E-state index in [0.29, 0.717) is 0 Å². The lowest BCUT2D eigenvalue weighted by Crippen LogP contribution is -2.21. The second kappa shape index (κ2) is 0.946. The van der Waals surface area contributed by atoms with E-state index >= 15 is 0 Å². The van der Waals surface area contributed by atoms with Gasteiger partial charge in [-0.25, -0.2) is 0 Å². The third-order valence-corrected chi connectivity index (χ3v) is 1.46. The molecule has 0 saturated carbocycles. The van der Waals surface area contributed by atoms with E-state index in [4.69, 9.17) is 0 Å². The maximum Gasteiger partial charge on any atom is 0.270 e. The van der Waals surface area contributed by atoms with E-state index in [1.165, 1.54) is 6.61 Å². The molecule has 1 rings (SSSR count). The van der Waals surface area contributed by atoms with Crippen molar-refractivity contribution in [3.8, 4) is 0 Å². The quantitative estimate of drug-likeness (QED) is 0.392. The summed E-state index contributed by atoms with van der Waals surface area (Å²) in [6.07, 6.45) is 0. The molecule has 0 aromatic rings. The highest BCUT2D eigenvalue weighted by atomic mass is 32.2. The highest BCUT2D eigenvalue weighted by Gasteiger charge is 2.21. The Balaban J connectivity index is 2.78. The van der Waals surface area contributed by atoms with Crippen LogP contribution in [0.3, 0.4) is 0 Å². The first kappa shape index (κ1) is 4.08. The zero-order chi connectivity index (χ0) is 4.62. The normalized spacial score (nSPS) is 28.7. The van der Waals surface area contributed by atoms with Crippen LogP contribution in [-0.2, 0) is 14.3 Å². The first-order valence-electron chi connectivity index (χ1n) is 1.43. The first-order valence-corrected chi connectivity index (χ1v) is 3.01. The molecule has 0 amide bonds. The van der Waals surface area contributed by atoms with Gasteiger partial charge < -0.3 is 0 Å². The highest BCUT2D eigenvalue weighted by Crippen LogP contribution is 2.08. The van der Waals surface area contributed by atoms with Crippen molar-refractivity contribution in [2.75, 3.05) is 5.75 Å². The lowest BCUT2D eigenvalue weighted by atomic mass is 10.9. The summed E-state index contributed by atoms with van der Waals surface area (Å²) in [6, 6.07) is 0. The molecule has 1 radical (unpaired) electrons. The SMILES string of the molecule is O=S1(=O)C[CH]O1. The van der Waals surface area contributed by atoms with Crippen LogP contribution < -0.4 is 0 Å². The molecule has 35 valence electrons. The van der Waals surface area contributed by atoms with Gasteiger partial charge in [0.2, 0.25) is 0 Å². The minimum Gasteiger partial charge on any atom is -0.263 e. The highest BCUT2D eigenvalue weighted by molar-refractivity contribution is 7.88. The van der Waals surface area contributed by atoms with Gasteiger partial charge in [0.1, 0.15) is 12.4 Å². The molecule has 1 fully saturated rings. The van der Waals surface area contributed by atoms with Gasteiger partial charge in [0, 0.05) is 0 Å². The largest absolute Gasteiger partial charge is 0.270 e. The van der Waals surface area contributed by atoms with Crippen LogP contribution in [-0.4, -0.2) is 14.2 Å². The molecule has 0 spiro atoms. The Morgan fingerprint density at radius 2 is 2.00 bits per heavy atom. The summed E-state index contributed by atoms with van der Waals surface area (Å²) in [7, 11) is -3.04. The Kier molecular flexibility index (Phi) is 0.643. The molecule has 0 N–H and O–H groups in total. The Labute approximate surface area is 36.0 Å². The number of rotatable bonds is 0. The van der Waals surface area contributed by atoms with Gasteiger partial charge in [-0.3, -0.25) is 4.18 Å². The fourth-order valence-corrected chi connectivity index (χ4v) is 0.537. The van der Waals surface area contributed by atoms with Crippen molar-refractivity contribution in [1.29, 1.82) is 0 Å². The van der Waals surface area contributed by atoms with Crippen LogP contribution >= 0.6 is 0 Å². The van der Waals surface area contributed by atoms with Crippen molar-refractivity contribution in [2.24, 2.45) is 0 Å². The molecule has 6 heavy (non-hydrogen) atoms. The van der Waals surface area contributed by atoms with Crippen molar-refractivity contribution in [2.45, 2.75) is 0 Å². The van der Waals surface area contributed by atoms with Gasteiger partial charge in [-0.15, -0.1) is 0 Å². The second-order valence-corrected chi connectivity index (χ2v) is 2.63. The van der Waals surface area contributed by atoms with Crippen LogP contribution in [0.1, 0.15) is 0 Å². The van der Waals surface area contributed by atoms with E-state index in [2.05, 4.69) is 4.18 Å². The number of hydrogen-bond donors (Lipinski definition) is 0. The fourth-order valence-electron chi connectivity index (χ4n) is 0.179. The minimum atomic E-state index is -3.04. The molecule has 1 aliphatic rings. The summed E-state index contributed by atoms with van der Waals surface area (Å²) in [5.74, 6) is 0.0764. The topological polar surface area (TPSA) is 43.4 Å². The zero-order valence-corrected chi connectivity index (χ0v) is 3.73. The average molecular weight is 107 g/mol. The van der Waals surface area contributed by atoms with Crippen molar-refractivity contribution < 1.29 is 12.6 Å². The summed E-state index contributed by atoms with van der Waals surface area (Å²) in [4.78, 5) is 0. The van der Waals surface area contributed by atoms with E-state index in [0.717, 1.165) is 0 Å². The standard InChI is InChI=1S/C2H3O3S/c3-6(4)2-1-5-6/h1H,2H2. The van der Waals surface area contributed by atoms with Crippen LogP contribution in [0.15, 0.2) is 0 Å². The third kappa shape index (κ3) is 0.529. The Hall–Kier alpha value is -0.0900. The van der Waals surface area contributed by atoms with E-state index in [1.807, 2.05) is 0 Å². The van der Waals surface area contributed by atoms with Crippen LogP contribution in [0.2, 0.25) is 0 Å². The predicted octanol–water partition coefficient (Wildman–Crippen LogP) is -0.492. The zero-order valence-electron chi connectivity index (χ0n) is 2.92. The summed E-state index contributed by atoms with van der Waals surface area (Å²) in [5, 5.41) is 0. The van der Waals surface area contributed by atoms with Crippen LogP contribution in [0, 0.1) is 6.61 Å². The second-order valence-electron chi connectivity index (χ2n) is 0.987. The average Bonchev–Trinajstić information content (AvgIpc) is 1.32. The third-order valence-electron chi connectivity index (χ3n) is 0.487. The van der Waals surface area contributed by atoms with Gasteiger partial charge in [-0.2, -0.15) is 8.42 Å². The number of hydrogen-bond acceptors (Lipinski definition) is 3. The van der Waals surface area contributed by atoms with Gasteiger partial charge in [0.15, 0.2) is 0 Å². The lowest BCUT2D eigenvalue weighted by molar-refractivity contribution is 0.355. The molecule has 0 aromatic carbocycles. The first-order chi connectivity index (χ1) is 2.71. The Morgan fingerprint density at radius 3 is 2.00 bits per heavy atom. The molecule has 0 unspecified atom stereocenters. The van der Waals surface area contributed by atoms with Crippen molar-refractivity contribution >= 4 is 10.1 Å². The summed E-state index contributed by atoms with van der Waals surface area (Å²) >= 11 is 0. The predicted molar refractivity (Wildman–Crippen MR) is 19.2 cm³/mol. The van der Waals surface area contributed by atoms with E-state index in [9.17, 15) is 8.42 Å². The smallest absolute Gasteiger partial charge is 0.263 e. The molecule has 0 aliphatic carbocycles. The molecule has 1 heterocycles. The molecular formula is C2H3O3S. The monoisotopic (exact) mass is 107 g/mol. The lowest BCUT2D eigenvalue weighted by Gasteiger charge is -2.09. The molecule has 0 bridgehead atoms. The van der Waals surface area contributed by atoms with Gasteiger partial charge in [0.05, 0.1) is 0 Å². The maximum atomic E-state index is 9.83. The molecule has 4 heteroatoms. The van der Waals surface area contributed by atoms with Crippen LogP contribution in [0.4, 0.5) is 0 Å². The van der Waals surface area contributed by atoms with Gasteiger partial charge in [-0.1, -0.05) is 0 Å². The van der Waals surface area contributed by atoms with E-state index in [-0.39, 0.29) is 5.75 Å². The van der Waals surface area contributed by atoms with Crippen molar-refractivity contribution in [1.82, 2.24) is 0 Å². The van der Waals surface area contributed by atoms with Gasteiger partial charge >= 0.3 is 0 Å². The Morgan fingerprint density at radius 1 is 1.67 bits per heavy atom. The molecular weight excluding hydrogens is 104 g/mol. The minimum absolute atomic E-state index is 0.0764. The van der Waals surface area contributed by atoms with Crippen LogP contribution in [0.25, 0.3) is 0 Å². The molecule has 1 aliphatic heterocycles. The summed E-state index contributed by atoms with van der Waals surface area (Å²) < 4.78 is 23.6. The fraction of sp³-hybridized carbons (Fsp3) is 0.500. The maximum absolute atomic E-state index is 9.83. The van der Waals surface area contributed by atoms with E-state index in [1.54, 1.807) is 0 Å². The van der Waals surface area contributed by atoms with Crippen LogP contribution in [0.5, 0.6) is 0 Å². The molecule has 0 aromatic heterocycles. The van der Waals surface area contributed by atoms with Crippen molar-refractivity contribution in [3.63, 3.8) is 0 Å². The Bertz CT molecular complexity index is 123. The summed E-state index contributed by atoms with van der Waals surface area (Å²) in [5.41, 5.74) is 0.